The number of aromatic hydroxyl groups is 1. The van der Waals surface area contributed by atoms with E-state index in [2.05, 4.69) is 11.5 Å². The van der Waals surface area contributed by atoms with Crippen LogP contribution in [-0.4, -0.2) is 35.8 Å². The standard InChI is InChI=1S/C17H25NO2/c1-4-13-8-9-15(12-18(2)3)17(20,11-13)14-6-5-7-16(19)10-14/h4-7,10,13,15,19-20H,1,8-9,11-12H2,2-3H3/t13-,15+,17-/m0/s1. The zero-order valence-electron chi connectivity index (χ0n) is 12.4. The van der Waals surface area contributed by atoms with Crippen LogP contribution < -0.4 is 0 Å². The number of allylic oxidation sites excluding steroid dienone is 1. The van der Waals surface area contributed by atoms with Crippen LogP contribution >= 0.6 is 0 Å². The van der Waals surface area contributed by atoms with E-state index in [-0.39, 0.29) is 11.7 Å². The Bertz CT molecular complexity index is 472. The molecule has 20 heavy (non-hydrogen) atoms. The van der Waals surface area contributed by atoms with Crippen LogP contribution in [-0.2, 0) is 5.60 Å². The van der Waals surface area contributed by atoms with Crippen LogP contribution in [0.1, 0.15) is 24.8 Å². The molecule has 3 atom stereocenters. The zero-order chi connectivity index (χ0) is 14.8. The van der Waals surface area contributed by atoms with Gasteiger partial charge in [0.25, 0.3) is 0 Å². The average Bonchev–Trinajstić information content (AvgIpc) is 2.40. The third-order valence-electron chi connectivity index (χ3n) is 4.40. The fraction of sp³-hybridized carbons (Fsp3) is 0.529. The summed E-state index contributed by atoms with van der Waals surface area (Å²) < 4.78 is 0. The van der Waals surface area contributed by atoms with Crippen LogP contribution in [0.25, 0.3) is 0 Å². The lowest BCUT2D eigenvalue weighted by Crippen LogP contribution is -2.45. The lowest BCUT2D eigenvalue weighted by molar-refractivity contribution is -0.0728. The Kier molecular flexibility index (Phi) is 4.51. The molecule has 0 bridgehead atoms. The van der Waals surface area contributed by atoms with Crippen LogP contribution in [0.15, 0.2) is 36.9 Å². The first-order valence-electron chi connectivity index (χ1n) is 7.25. The molecule has 2 rings (SSSR count). The number of nitrogens with zero attached hydrogens (tertiary/aromatic N) is 1. The third-order valence-corrected chi connectivity index (χ3v) is 4.40. The molecule has 0 aromatic heterocycles. The second-order valence-corrected chi connectivity index (χ2v) is 6.21. The highest BCUT2D eigenvalue weighted by Crippen LogP contribution is 2.45. The van der Waals surface area contributed by atoms with Crippen molar-refractivity contribution < 1.29 is 10.2 Å². The van der Waals surface area contributed by atoms with Gasteiger partial charge in [0, 0.05) is 12.5 Å². The van der Waals surface area contributed by atoms with Crippen molar-refractivity contribution in [1.82, 2.24) is 4.90 Å². The fourth-order valence-electron chi connectivity index (χ4n) is 3.34. The average molecular weight is 275 g/mol. The minimum absolute atomic E-state index is 0.176. The lowest BCUT2D eigenvalue weighted by atomic mass is 9.67. The number of benzene rings is 1. The number of hydrogen-bond donors (Lipinski definition) is 2. The first kappa shape index (κ1) is 15.1. The molecule has 0 unspecified atom stereocenters. The Balaban J connectivity index is 2.35. The maximum absolute atomic E-state index is 11.3. The molecule has 1 aliphatic carbocycles. The van der Waals surface area contributed by atoms with Gasteiger partial charge in [0.05, 0.1) is 5.60 Å². The predicted octanol–water partition coefficient (Wildman–Crippen LogP) is 2.74. The number of hydrogen-bond acceptors (Lipinski definition) is 3. The summed E-state index contributed by atoms with van der Waals surface area (Å²) in [5.74, 6) is 0.719. The van der Waals surface area contributed by atoms with Crippen molar-refractivity contribution in [3.05, 3.63) is 42.5 Å². The van der Waals surface area contributed by atoms with Gasteiger partial charge in [-0.1, -0.05) is 18.2 Å². The van der Waals surface area contributed by atoms with Crippen molar-refractivity contribution in [3.8, 4) is 5.75 Å². The van der Waals surface area contributed by atoms with Gasteiger partial charge in [-0.3, -0.25) is 0 Å². The Morgan fingerprint density at radius 2 is 2.15 bits per heavy atom. The maximum Gasteiger partial charge on any atom is 0.115 e. The minimum atomic E-state index is -0.889. The monoisotopic (exact) mass is 275 g/mol. The van der Waals surface area contributed by atoms with E-state index >= 15 is 0 Å². The van der Waals surface area contributed by atoms with E-state index in [0.29, 0.717) is 12.3 Å². The lowest BCUT2D eigenvalue weighted by Gasteiger charge is -2.44. The molecule has 110 valence electrons. The van der Waals surface area contributed by atoms with Gasteiger partial charge < -0.3 is 15.1 Å². The highest BCUT2D eigenvalue weighted by atomic mass is 16.3. The molecule has 1 aromatic rings. The third kappa shape index (κ3) is 3.05. The van der Waals surface area contributed by atoms with Gasteiger partial charge in [0.1, 0.15) is 5.75 Å². The van der Waals surface area contributed by atoms with E-state index in [9.17, 15) is 10.2 Å². The molecule has 3 nitrogen and oxygen atoms in total. The van der Waals surface area contributed by atoms with Crippen molar-refractivity contribution in [2.45, 2.75) is 24.9 Å². The Morgan fingerprint density at radius 3 is 2.75 bits per heavy atom. The number of aliphatic hydroxyl groups is 1. The quantitative estimate of drug-likeness (QED) is 0.830. The summed E-state index contributed by atoms with van der Waals surface area (Å²) in [5.41, 5.74) is -0.0731. The molecule has 0 saturated heterocycles. The normalized spacial score (nSPS) is 30.4. The minimum Gasteiger partial charge on any atom is -0.508 e. The summed E-state index contributed by atoms with van der Waals surface area (Å²) in [6.45, 7) is 4.72. The summed E-state index contributed by atoms with van der Waals surface area (Å²) in [6, 6.07) is 7.04. The van der Waals surface area contributed by atoms with Crippen molar-refractivity contribution in [2.24, 2.45) is 11.8 Å². The summed E-state index contributed by atoms with van der Waals surface area (Å²) in [7, 11) is 4.06. The zero-order valence-corrected chi connectivity index (χ0v) is 12.4. The molecule has 3 heteroatoms. The Hall–Kier alpha value is -1.32. The molecule has 1 saturated carbocycles. The molecular formula is C17H25NO2. The van der Waals surface area contributed by atoms with E-state index in [4.69, 9.17) is 0 Å². The van der Waals surface area contributed by atoms with E-state index < -0.39 is 5.60 Å². The molecule has 1 aromatic carbocycles. The van der Waals surface area contributed by atoms with E-state index in [1.165, 1.54) is 0 Å². The largest absolute Gasteiger partial charge is 0.508 e. The highest BCUT2D eigenvalue weighted by molar-refractivity contribution is 5.32. The Labute approximate surface area is 121 Å². The molecule has 0 radical (unpaired) electrons. The van der Waals surface area contributed by atoms with E-state index in [1.54, 1.807) is 18.2 Å². The number of phenols is 1. The second-order valence-electron chi connectivity index (χ2n) is 6.21. The van der Waals surface area contributed by atoms with Gasteiger partial charge in [-0.25, -0.2) is 0 Å². The molecule has 0 heterocycles. The van der Waals surface area contributed by atoms with Crippen molar-refractivity contribution >= 4 is 0 Å². The fourth-order valence-corrected chi connectivity index (χ4v) is 3.34. The van der Waals surface area contributed by atoms with Crippen molar-refractivity contribution in [1.29, 1.82) is 0 Å². The number of phenolic OH excluding ortho intramolecular Hbond substituents is 1. The topological polar surface area (TPSA) is 43.7 Å². The maximum atomic E-state index is 11.3. The van der Waals surface area contributed by atoms with E-state index in [1.807, 2.05) is 26.2 Å². The van der Waals surface area contributed by atoms with Crippen LogP contribution in [0.2, 0.25) is 0 Å². The predicted molar refractivity (Wildman–Crippen MR) is 81.6 cm³/mol. The molecular weight excluding hydrogens is 250 g/mol. The second kappa shape index (κ2) is 5.98. The molecule has 0 spiro atoms. The molecule has 0 amide bonds. The van der Waals surface area contributed by atoms with Gasteiger partial charge >= 0.3 is 0 Å². The number of rotatable bonds is 4. The van der Waals surface area contributed by atoms with Crippen LogP contribution in [0.4, 0.5) is 0 Å². The van der Waals surface area contributed by atoms with Crippen LogP contribution in [0.3, 0.4) is 0 Å². The smallest absolute Gasteiger partial charge is 0.115 e. The first-order valence-corrected chi connectivity index (χ1v) is 7.25. The van der Waals surface area contributed by atoms with Gasteiger partial charge in [0.2, 0.25) is 0 Å². The molecule has 0 aliphatic heterocycles. The van der Waals surface area contributed by atoms with Crippen LogP contribution in [0.5, 0.6) is 5.75 Å². The van der Waals surface area contributed by atoms with Crippen molar-refractivity contribution in [2.75, 3.05) is 20.6 Å². The summed E-state index contributed by atoms with van der Waals surface area (Å²) >= 11 is 0. The van der Waals surface area contributed by atoms with Gasteiger partial charge in [-0.2, -0.15) is 0 Å². The van der Waals surface area contributed by atoms with Gasteiger partial charge in [-0.15, -0.1) is 6.58 Å². The van der Waals surface area contributed by atoms with Crippen molar-refractivity contribution in [3.63, 3.8) is 0 Å². The highest BCUT2D eigenvalue weighted by Gasteiger charge is 2.43. The van der Waals surface area contributed by atoms with Crippen LogP contribution in [0, 0.1) is 11.8 Å². The summed E-state index contributed by atoms with van der Waals surface area (Å²) in [6.07, 6.45) is 4.67. The van der Waals surface area contributed by atoms with Gasteiger partial charge in [-0.05, 0) is 57.0 Å². The van der Waals surface area contributed by atoms with E-state index in [0.717, 1.165) is 24.9 Å². The molecule has 2 N–H and O–H groups in total. The Morgan fingerprint density at radius 1 is 1.40 bits per heavy atom. The molecule has 1 aliphatic rings. The summed E-state index contributed by atoms with van der Waals surface area (Å²) in [4.78, 5) is 2.12. The van der Waals surface area contributed by atoms with Gasteiger partial charge in [0.15, 0.2) is 0 Å². The summed E-state index contributed by atoms with van der Waals surface area (Å²) in [5, 5.41) is 21.0. The molecule has 1 fully saturated rings. The first-order chi connectivity index (χ1) is 9.45. The SMILES string of the molecule is C=C[C@H]1CC[C@H](CN(C)C)[C@@](O)(c2cccc(O)c2)C1.